The summed E-state index contributed by atoms with van der Waals surface area (Å²) in [4.78, 5) is 47.8. The average molecular weight is 1910 g/mol. The van der Waals surface area contributed by atoms with Crippen LogP contribution in [0, 0.1) is 45.4 Å². The highest BCUT2D eigenvalue weighted by molar-refractivity contribution is 5.79. The van der Waals surface area contributed by atoms with Crippen LogP contribution >= 0.6 is 0 Å². The van der Waals surface area contributed by atoms with Crippen LogP contribution in [-0.4, -0.2) is 118 Å². The van der Waals surface area contributed by atoms with Crippen LogP contribution in [0.15, 0.2) is 91.0 Å². The lowest BCUT2D eigenvalue weighted by Gasteiger charge is -2.29. The number of benzene rings is 5. The van der Waals surface area contributed by atoms with Gasteiger partial charge in [-0.25, -0.2) is 4.79 Å². The number of aliphatic hydroxyl groups is 1. The molecular weight excluding hydrogens is 1770 g/mol. The number of aryl methyl sites for hydroxylation is 4. The van der Waals surface area contributed by atoms with E-state index >= 15 is 0 Å². The number of rotatable bonds is 37. The first-order valence-electron chi connectivity index (χ1n) is 40.6. The van der Waals surface area contributed by atoms with Gasteiger partial charge in [0.1, 0.15) is 24.8 Å². The summed E-state index contributed by atoms with van der Waals surface area (Å²) in [7, 11) is 1.00. The largest absolute Gasteiger partial charge is 1.00 e. The Morgan fingerprint density at radius 2 is 0.835 bits per heavy atom. The van der Waals surface area contributed by atoms with E-state index in [4.69, 9.17) is 27.0 Å². The lowest BCUT2D eigenvalue weighted by atomic mass is 10.0. The lowest BCUT2D eigenvalue weighted by Crippen LogP contribution is -3.00. The van der Waals surface area contributed by atoms with Crippen molar-refractivity contribution in [2.75, 3.05) is 66.0 Å². The number of hydrogen-bond acceptors (Lipinski definition) is 10. The van der Waals surface area contributed by atoms with Crippen molar-refractivity contribution in [3.05, 3.63) is 174 Å². The molecule has 0 heterocycles. The molecule has 5 atom stereocenters. The summed E-state index contributed by atoms with van der Waals surface area (Å²) in [5.74, 6) is 0.835. The van der Waals surface area contributed by atoms with Crippen LogP contribution in [0.5, 0.6) is 0 Å². The Hall–Kier alpha value is -6.89. The molecule has 5 aromatic rings. The van der Waals surface area contributed by atoms with Crippen molar-refractivity contribution in [1.29, 1.82) is 0 Å². The first-order valence-corrected chi connectivity index (χ1v) is 40.6. The van der Waals surface area contributed by atoms with Crippen LogP contribution in [0.4, 0.5) is 83.8 Å². The summed E-state index contributed by atoms with van der Waals surface area (Å²) in [6, 6.07) is 16.9. The summed E-state index contributed by atoms with van der Waals surface area (Å²) < 4.78 is 238. The number of halogens is 21. The van der Waals surface area contributed by atoms with Gasteiger partial charge in [0.15, 0.2) is 0 Å². The molecule has 0 radical (unpaired) electrons. The summed E-state index contributed by atoms with van der Waals surface area (Å²) in [5, 5.41) is 14.6. The van der Waals surface area contributed by atoms with Gasteiger partial charge in [-0.15, -0.1) is 0 Å². The van der Waals surface area contributed by atoms with Gasteiger partial charge >= 0.3 is 43.2 Å². The molecule has 0 bridgehead atoms. The number of carbonyl (C=O) groups excluding carboxylic acids is 4. The Morgan fingerprint density at radius 1 is 0.488 bits per heavy atom. The summed E-state index contributed by atoms with van der Waals surface area (Å²) in [6.07, 6.45) is -12.8. The number of aliphatic hydroxyl groups excluding tert-OH is 1. The SMILES string of the molecule is C.C.C.CCCC[C@H](C)CN.CCCC[C@H](C)CN(CCc1cc(C)cc(C(F)(F)F)c1)C(=O)OC(C)(C)C.CCCC[C@H](C)CNC(=O)Cc1cc(C)cc(C(F)(F)F)c1.CO.Cc1cc(CC(=O)NC[C@@H](N)CCCN)cc(C(F)(F)F)c1.Cc1cc(CC[NH2+]C[C@@H]([NH3+])CCC[NH3+])cc(C(F)(F)F)c1.O=COCc1cc(C(F)(F)F)cc(C(F)(F)F)c1.[Cl-].[Cl-].[Cl-]. The van der Waals surface area contributed by atoms with Crippen LogP contribution in [0.3, 0.4) is 0 Å². The van der Waals surface area contributed by atoms with E-state index in [9.17, 15) is 98.2 Å². The van der Waals surface area contributed by atoms with Gasteiger partial charge in [-0.3, -0.25) is 14.4 Å². The number of hydrogen-bond donors (Lipinski definition) is 9. The molecule has 0 spiro atoms. The van der Waals surface area contributed by atoms with Gasteiger partial charge in [0.2, 0.25) is 11.8 Å². The summed E-state index contributed by atoms with van der Waals surface area (Å²) >= 11 is 0. The Balaban J connectivity index is -0.000000225. The average Bonchev–Trinajstić information content (AvgIpc) is 0.810. The molecular formula is C90H146Cl3F18N9O7. The molecule has 0 aliphatic rings. The van der Waals surface area contributed by atoms with Crippen LogP contribution < -0.4 is 81.8 Å². The molecule has 37 heteroatoms. The van der Waals surface area contributed by atoms with Crippen molar-refractivity contribution in [3.8, 4) is 0 Å². The first kappa shape index (κ1) is 136. The van der Waals surface area contributed by atoms with Crippen LogP contribution in [0.25, 0.3) is 0 Å². The predicted molar refractivity (Wildman–Crippen MR) is 456 cm³/mol. The molecule has 17 N–H and O–H groups in total. The van der Waals surface area contributed by atoms with E-state index in [1.807, 2.05) is 6.07 Å². The Kier molecular flexibility index (Phi) is 73.7. The second kappa shape index (κ2) is 69.1. The van der Waals surface area contributed by atoms with Crippen molar-refractivity contribution in [2.24, 2.45) is 35.0 Å². The molecule has 127 heavy (non-hydrogen) atoms. The minimum absolute atomic E-state index is 0. The zero-order valence-electron chi connectivity index (χ0n) is 73.7. The summed E-state index contributed by atoms with van der Waals surface area (Å²) in [6.45, 7) is 29.7. The van der Waals surface area contributed by atoms with Crippen molar-refractivity contribution in [1.82, 2.24) is 15.5 Å². The molecule has 0 fully saturated rings. The molecule has 0 aliphatic heterocycles. The number of nitrogens with two attached hydrogens (primary N) is 4. The second-order valence-electron chi connectivity index (χ2n) is 31.4. The third kappa shape index (κ3) is 65.3. The van der Waals surface area contributed by atoms with E-state index in [0.29, 0.717) is 114 Å². The summed E-state index contributed by atoms with van der Waals surface area (Å²) in [5.41, 5.74) is 22.1. The fourth-order valence-corrected chi connectivity index (χ4v) is 11.7. The molecule has 5 rings (SSSR count). The highest BCUT2D eigenvalue weighted by atomic mass is 35.5. The maximum atomic E-state index is 13.1. The number of unbranched alkanes of at least 4 members (excludes halogenated alkanes) is 3. The number of amides is 3. The van der Waals surface area contributed by atoms with E-state index in [0.717, 1.165) is 133 Å². The third-order valence-corrected chi connectivity index (χ3v) is 17.9. The minimum atomic E-state index is -4.91. The van der Waals surface area contributed by atoms with Gasteiger partial charge in [-0.05, 0) is 212 Å². The normalized spacial score (nSPS) is 12.3. The second-order valence-corrected chi connectivity index (χ2v) is 31.4. The number of nitrogens with zero attached hydrogens (tertiary/aromatic N) is 1. The monoisotopic (exact) mass is 1910 g/mol. The maximum absolute atomic E-state index is 13.1. The number of ether oxygens (including phenoxy) is 2. The highest BCUT2D eigenvalue weighted by Crippen LogP contribution is 2.38. The molecule has 0 saturated carbocycles. The van der Waals surface area contributed by atoms with Crippen molar-refractivity contribution < 1.29 is 167 Å². The number of alkyl halides is 18. The standard InChI is InChI=1S/C22H34F3NO2.C17H24F3NO.C15H22F3N3O.C15H24F3N3.C10H6F6O2.C7H17N.CH4O.3CH4.3ClH/c1-7-8-9-16(2)15-26(20(27)28-21(4,5)6)11-10-18-12-17(3)13-19(14-18)22(23,24)25;1-4-5-6-12(2)11-21-16(22)10-14-7-13(3)8-15(9-14)17(18,19)20;1-10-5-11(7-12(6-10)15(16,17)18)8-14(22)21-9-13(20)3-2-4-19;1-11-7-12(9-13(8-11)15(16,17)18)4-6-21-10-14(20)3-2-5-19;11-9(12,13)7-1-6(4-18-5-17)2-8(3-7)10(14,15)16;1-3-4-5-7(2)6-8;1-2;;;;;;/h12-14,16H,7-11,15H2,1-6H3;7-9,12H,4-6,10-11H2,1-3H3,(H,21,22);5-7,13H,2-4,8-9,19-20H2,1H3,(H,21,22);7-9,14,21H,2-6,10,19-20H2,1H3;1-3,5H,4H2;7H,3-6,8H2,1-2H3;2H,1H3;3*1H4;3*1H/t16-;12-;13-;14-;;7-;;;;;;;/m0000.0......./s1. The quantitative estimate of drug-likeness (QED) is 0.0103. The fraction of sp³-hybridized carbons (Fsp3) is 0.622. The topological polar surface area (TPSA) is 284 Å². The van der Waals surface area contributed by atoms with Gasteiger partial charge < -0.3 is 101 Å². The number of nitrogens with one attached hydrogen (secondary N) is 2. The highest BCUT2D eigenvalue weighted by Gasteiger charge is 2.38. The maximum Gasteiger partial charge on any atom is 0.416 e. The third-order valence-electron chi connectivity index (χ3n) is 17.9. The molecule has 16 nitrogen and oxygen atoms in total. The van der Waals surface area contributed by atoms with E-state index < -0.39 is 88.7 Å². The van der Waals surface area contributed by atoms with Crippen molar-refractivity contribution >= 4 is 24.4 Å². The fourth-order valence-electron chi connectivity index (χ4n) is 11.7. The van der Waals surface area contributed by atoms with E-state index in [2.05, 4.69) is 73.7 Å². The Bertz CT molecular complexity index is 3620. The Labute approximate surface area is 761 Å². The lowest BCUT2D eigenvalue weighted by molar-refractivity contribution is -0.680. The van der Waals surface area contributed by atoms with E-state index in [-0.39, 0.29) is 115 Å². The molecule has 740 valence electrons. The van der Waals surface area contributed by atoms with E-state index in [1.165, 1.54) is 37.5 Å². The van der Waals surface area contributed by atoms with Crippen LogP contribution in [0.1, 0.15) is 252 Å². The van der Waals surface area contributed by atoms with E-state index in [1.54, 1.807) is 71.6 Å². The van der Waals surface area contributed by atoms with Crippen LogP contribution in [0.2, 0.25) is 0 Å². The molecule has 3 amide bonds. The molecule has 0 aliphatic carbocycles. The minimum Gasteiger partial charge on any atom is -1.00 e. The zero-order valence-corrected chi connectivity index (χ0v) is 76.0. The van der Waals surface area contributed by atoms with Gasteiger partial charge in [0.05, 0.1) is 59.3 Å². The molecule has 5 aromatic carbocycles. The van der Waals surface area contributed by atoms with Gasteiger partial charge in [-0.1, -0.05) is 149 Å². The predicted octanol–water partition coefficient (Wildman–Crippen LogP) is 10.3. The van der Waals surface area contributed by atoms with Gasteiger partial charge in [0, 0.05) is 58.6 Å². The number of carbonyl (C=O) groups is 4. The number of quaternary nitrogens is 3. The molecule has 0 aromatic heterocycles. The zero-order chi connectivity index (χ0) is 93.3. The van der Waals surface area contributed by atoms with Crippen LogP contribution in [-0.2, 0) is 93.2 Å². The smallest absolute Gasteiger partial charge is 0.416 e. The molecule has 0 saturated heterocycles. The van der Waals surface area contributed by atoms with Gasteiger partial charge in [-0.2, -0.15) is 79.0 Å². The van der Waals surface area contributed by atoms with Crippen molar-refractivity contribution in [2.45, 2.75) is 283 Å². The Morgan fingerprint density at radius 3 is 1.19 bits per heavy atom. The van der Waals surface area contributed by atoms with Crippen molar-refractivity contribution in [3.63, 3.8) is 0 Å². The van der Waals surface area contributed by atoms with Gasteiger partial charge in [0.25, 0.3) is 6.47 Å². The molecule has 0 unspecified atom stereocenters. The first-order chi connectivity index (χ1) is 56.0.